The SMILES string of the molecule is CC(C)=NOCCCCCCCOc1c(Cl)cc(OC/C=C(\F)Br)cc1Br. The van der Waals surface area contributed by atoms with E-state index >= 15 is 0 Å². The maximum absolute atomic E-state index is 12.6. The van der Waals surface area contributed by atoms with Gasteiger partial charge in [0.25, 0.3) is 0 Å². The van der Waals surface area contributed by atoms with Gasteiger partial charge in [0.2, 0.25) is 0 Å². The highest BCUT2D eigenvalue weighted by Crippen LogP contribution is 2.37. The van der Waals surface area contributed by atoms with Gasteiger partial charge in [-0.3, -0.25) is 0 Å². The first-order valence-electron chi connectivity index (χ1n) is 8.79. The van der Waals surface area contributed by atoms with E-state index in [2.05, 4.69) is 37.0 Å². The molecule has 0 saturated heterocycles. The van der Waals surface area contributed by atoms with Crippen molar-refractivity contribution in [1.82, 2.24) is 0 Å². The number of ether oxygens (including phenoxy) is 2. The van der Waals surface area contributed by atoms with E-state index in [9.17, 15) is 4.39 Å². The van der Waals surface area contributed by atoms with Crippen molar-refractivity contribution in [1.29, 1.82) is 0 Å². The van der Waals surface area contributed by atoms with Crippen molar-refractivity contribution < 1.29 is 18.7 Å². The van der Waals surface area contributed by atoms with E-state index in [0.717, 1.165) is 37.8 Å². The first kappa shape index (κ1) is 24.2. The standard InChI is InChI=1S/C19H25Br2ClFNO3/c1-14(2)24-27-10-7-5-3-4-6-9-26-19-16(20)12-15(13-17(19)22)25-11-8-18(21)23/h8,12-13H,3-7,9-11H2,1-2H3/b18-8-. The van der Waals surface area contributed by atoms with Crippen LogP contribution in [-0.2, 0) is 4.84 Å². The summed E-state index contributed by atoms with van der Waals surface area (Å²) < 4.78 is 24.0. The molecule has 8 heteroatoms. The summed E-state index contributed by atoms with van der Waals surface area (Å²) >= 11 is 12.4. The zero-order valence-electron chi connectivity index (χ0n) is 15.6. The molecule has 0 fully saturated rings. The van der Waals surface area contributed by atoms with Crippen LogP contribution in [0.2, 0.25) is 5.02 Å². The third-order valence-corrected chi connectivity index (χ3v) is 4.53. The second-order valence-electron chi connectivity index (χ2n) is 6.01. The lowest BCUT2D eigenvalue weighted by molar-refractivity contribution is 0.139. The summed E-state index contributed by atoms with van der Waals surface area (Å²) in [4.78, 5) is 5.16. The van der Waals surface area contributed by atoms with E-state index in [4.69, 9.17) is 25.9 Å². The van der Waals surface area contributed by atoms with Crippen LogP contribution in [0.5, 0.6) is 11.5 Å². The number of oxime groups is 1. The number of hydrogen-bond acceptors (Lipinski definition) is 4. The fraction of sp³-hybridized carbons (Fsp3) is 0.526. The van der Waals surface area contributed by atoms with Crippen LogP contribution in [0.1, 0.15) is 46.0 Å². The van der Waals surface area contributed by atoms with Gasteiger partial charge in [0.1, 0.15) is 19.0 Å². The summed E-state index contributed by atoms with van der Waals surface area (Å²) in [5.41, 5.74) is 0.932. The Morgan fingerprint density at radius 1 is 1.11 bits per heavy atom. The lowest BCUT2D eigenvalue weighted by Gasteiger charge is -2.12. The monoisotopic (exact) mass is 527 g/mol. The van der Waals surface area contributed by atoms with Crippen molar-refractivity contribution in [2.24, 2.45) is 5.16 Å². The quantitative estimate of drug-likeness (QED) is 0.152. The van der Waals surface area contributed by atoms with E-state index in [1.807, 2.05) is 13.8 Å². The molecule has 0 heterocycles. The van der Waals surface area contributed by atoms with E-state index in [1.165, 1.54) is 6.08 Å². The molecule has 4 nitrogen and oxygen atoms in total. The molecule has 0 bridgehead atoms. The Hall–Kier alpha value is -0.790. The molecule has 0 atom stereocenters. The molecule has 0 aliphatic rings. The third-order valence-electron chi connectivity index (χ3n) is 3.33. The van der Waals surface area contributed by atoms with Gasteiger partial charge in [0.05, 0.1) is 21.8 Å². The minimum Gasteiger partial charge on any atom is -0.491 e. The Balaban J connectivity index is 2.24. The van der Waals surface area contributed by atoms with Crippen molar-refractivity contribution in [3.05, 3.63) is 32.4 Å². The minimum atomic E-state index is -0.468. The lowest BCUT2D eigenvalue weighted by atomic mass is 10.1. The lowest BCUT2D eigenvalue weighted by Crippen LogP contribution is -2.00. The van der Waals surface area contributed by atoms with Gasteiger partial charge in [-0.2, -0.15) is 4.39 Å². The largest absolute Gasteiger partial charge is 0.491 e. The molecule has 0 aliphatic carbocycles. The van der Waals surface area contributed by atoms with Gasteiger partial charge >= 0.3 is 0 Å². The summed E-state index contributed by atoms with van der Waals surface area (Å²) in [6, 6.07) is 3.41. The third kappa shape index (κ3) is 11.6. The van der Waals surface area contributed by atoms with Gasteiger partial charge in [-0.25, -0.2) is 0 Å². The highest BCUT2D eigenvalue weighted by molar-refractivity contribution is 9.11. The predicted molar refractivity (Wildman–Crippen MR) is 116 cm³/mol. The molecule has 27 heavy (non-hydrogen) atoms. The van der Waals surface area contributed by atoms with Crippen LogP contribution < -0.4 is 9.47 Å². The maximum atomic E-state index is 12.6. The van der Waals surface area contributed by atoms with Crippen molar-refractivity contribution in [3.8, 4) is 11.5 Å². The summed E-state index contributed by atoms with van der Waals surface area (Å²) in [6.45, 7) is 5.18. The molecule has 1 aromatic rings. The molecule has 1 rings (SSSR count). The number of benzene rings is 1. The Morgan fingerprint density at radius 2 is 1.78 bits per heavy atom. The van der Waals surface area contributed by atoms with Gasteiger partial charge in [-0.15, -0.1) is 0 Å². The second kappa shape index (κ2) is 14.2. The van der Waals surface area contributed by atoms with E-state index < -0.39 is 4.74 Å². The summed E-state index contributed by atoms with van der Waals surface area (Å²) in [5, 5.41) is 4.35. The molecule has 0 N–H and O–H groups in total. The van der Waals surface area contributed by atoms with Crippen molar-refractivity contribution in [2.45, 2.75) is 46.0 Å². The minimum absolute atomic E-state index is 0.107. The Morgan fingerprint density at radius 3 is 2.41 bits per heavy atom. The van der Waals surface area contributed by atoms with Crippen LogP contribution in [0.4, 0.5) is 4.39 Å². The molecule has 0 aliphatic heterocycles. The average molecular weight is 530 g/mol. The molecular weight excluding hydrogens is 504 g/mol. The molecule has 0 amide bonds. The fourth-order valence-corrected chi connectivity index (χ4v) is 3.17. The molecule has 1 aromatic carbocycles. The zero-order chi connectivity index (χ0) is 20.1. The molecular formula is C19H25Br2ClFNO3. The van der Waals surface area contributed by atoms with E-state index in [-0.39, 0.29) is 6.61 Å². The van der Waals surface area contributed by atoms with Gasteiger partial charge in [0.15, 0.2) is 10.5 Å². The maximum Gasteiger partial charge on any atom is 0.165 e. The molecule has 0 spiro atoms. The van der Waals surface area contributed by atoms with Gasteiger partial charge in [-0.05, 0) is 77.1 Å². The van der Waals surface area contributed by atoms with Crippen LogP contribution >= 0.6 is 43.5 Å². The smallest absolute Gasteiger partial charge is 0.165 e. The van der Waals surface area contributed by atoms with Crippen LogP contribution in [0.15, 0.2) is 32.6 Å². The van der Waals surface area contributed by atoms with E-state index in [0.29, 0.717) is 34.2 Å². The number of rotatable bonds is 13. The Labute approximate surface area is 182 Å². The Bertz CT molecular complexity index is 610. The van der Waals surface area contributed by atoms with Crippen LogP contribution in [0, 0.1) is 0 Å². The first-order chi connectivity index (χ1) is 12.9. The number of nitrogens with zero attached hydrogens (tertiary/aromatic N) is 1. The zero-order valence-corrected chi connectivity index (χ0v) is 19.5. The number of halogens is 4. The van der Waals surface area contributed by atoms with Crippen LogP contribution in [0.3, 0.4) is 0 Å². The second-order valence-corrected chi connectivity index (χ2v) is 8.03. The molecule has 0 saturated carbocycles. The Kier molecular flexibility index (Phi) is 12.8. The molecule has 0 aromatic heterocycles. The van der Waals surface area contributed by atoms with Crippen LogP contribution in [0.25, 0.3) is 0 Å². The molecule has 152 valence electrons. The van der Waals surface area contributed by atoms with Gasteiger partial charge in [-0.1, -0.05) is 29.6 Å². The van der Waals surface area contributed by atoms with Crippen LogP contribution in [-0.4, -0.2) is 25.5 Å². The predicted octanol–water partition coefficient (Wildman–Crippen LogP) is 7.43. The average Bonchev–Trinajstić information content (AvgIpc) is 2.58. The number of unbranched alkanes of at least 4 members (excludes halogenated alkanes) is 4. The van der Waals surface area contributed by atoms with Crippen molar-refractivity contribution >= 4 is 49.2 Å². The fourth-order valence-electron chi connectivity index (χ4n) is 2.11. The highest BCUT2D eigenvalue weighted by atomic mass is 79.9. The van der Waals surface area contributed by atoms with Gasteiger partial charge in [0, 0.05) is 6.07 Å². The summed E-state index contributed by atoms with van der Waals surface area (Å²) in [5.74, 6) is 1.13. The molecule has 0 unspecified atom stereocenters. The molecule has 0 radical (unpaired) electrons. The van der Waals surface area contributed by atoms with E-state index in [1.54, 1.807) is 12.1 Å². The van der Waals surface area contributed by atoms with Crippen molar-refractivity contribution in [2.75, 3.05) is 19.8 Å². The van der Waals surface area contributed by atoms with Gasteiger partial charge < -0.3 is 14.3 Å². The number of hydrogen-bond donors (Lipinski definition) is 0. The van der Waals surface area contributed by atoms with Crippen molar-refractivity contribution in [3.63, 3.8) is 0 Å². The topological polar surface area (TPSA) is 40.0 Å². The summed E-state index contributed by atoms with van der Waals surface area (Å²) in [6.07, 6.45) is 6.54. The summed E-state index contributed by atoms with van der Waals surface area (Å²) in [7, 11) is 0. The first-order valence-corrected chi connectivity index (χ1v) is 10.8. The highest BCUT2D eigenvalue weighted by Gasteiger charge is 2.10. The normalized spacial score (nSPS) is 11.3.